The van der Waals surface area contributed by atoms with E-state index in [9.17, 15) is 0 Å². The highest BCUT2D eigenvalue weighted by molar-refractivity contribution is 7.16. The molecule has 0 fully saturated rings. The average Bonchev–Trinajstić information content (AvgIpc) is 2.85. The Bertz CT molecular complexity index is 491. The van der Waals surface area contributed by atoms with E-state index in [1.807, 2.05) is 19.2 Å². The molecule has 4 heteroatoms. The van der Waals surface area contributed by atoms with Crippen molar-refractivity contribution in [2.45, 2.75) is 6.54 Å². The van der Waals surface area contributed by atoms with Gasteiger partial charge in [0.1, 0.15) is 10.9 Å². The van der Waals surface area contributed by atoms with Crippen LogP contribution in [-0.4, -0.2) is 7.05 Å². The van der Waals surface area contributed by atoms with Crippen molar-refractivity contribution in [3.05, 3.63) is 33.3 Å². The number of rotatable bonds is 3. The second kappa shape index (κ2) is 4.58. The van der Waals surface area contributed by atoms with Gasteiger partial charge in [-0.25, -0.2) is 0 Å². The second-order valence-corrected chi connectivity index (χ2v) is 5.19. The van der Waals surface area contributed by atoms with E-state index in [0.29, 0.717) is 0 Å². The lowest BCUT2D eigenvalue weighted by Crippen LogP contribution is -2.02. The van der Waals surface area contributed by atoms with Crippen LogP contribution in [0.5, 0.6) is 0 Å². The highest BCUT2D eigenvalue weighted by atomic mass is 32.1. The maximum atomic E-state index is 8.74. The van der Waals surface area contributed by atoms with Gasteiger partial charge in [-0.2, -0.15) is 5.26 Å². The first-order valence-corrected chi connectivity index (χ1v) is 6.25. The molecule has 15 heavy (non-hydrogen) atoms. The van der Waals surface area contributed by atoms with Gasteiger partial charge in [-0.05, 0) is 30.6 Å². The van der Waals surface area contributed by atoms with Crippen molar-refractivity contribution in [3.8, 4) is 16.5 Å². The molecule has 0 aliphatic rings. The first kappa shape index (κ1) is 10.4. The molecule has 76 valence electrons. The van der Waals surface area contributed by atoms with E-state index >= 15 is 0 Å². The van der Waals surface area contributed by atoms with Crippen molar-refractivity contribution < 1.29 is 0 Å². The molecule has 0 amide bonds. The molecular weight excluding hydrogens is 224 g/mol. The van der Waals surface area contributed by atoms with Crippen molar-refractivity contribution in [3.63, 3.8) is 0 Å². The number of hydrogen-bond donors (Lipinski definition) is 1. The smallest absolute Gasteiger partial charge is 0.110 e. The molecule has 0 saturated heterocycles. The monoisotopic (exact) mass is 234 g/mol. The fourth-order valence-corrected chi connectivity index (χ4v) is 3.09. The van der Waals surface area contributed by atoms with E-state index in [0.717, 1.165) is 11.4 Å². The van der Waals surface area contributed by atoms with Gasteiger partial charge in [0.15, 0.2) is 0 Å². The summed E-state index contributed by atoms with van der Waals surface area (Å²) in [6, 6.07) is 8.21. The third-order valence-electron chi connectivity index (χ3n) is 2.01. The summed E-state index contributed by atoms with van der Waals surface area (Å²) in [4.78, 5) is 3.26. The summed E-state index contributed by atoms with van der Waals surface area (Å²) in [7, 11) is 1.94. The number of nitrogens with zero attached hydrogens (tertiary/aromatic N) is 1. The number of hydrogen-bond acceptors (Lipinski definition) is 4. The van der Waals surface area contributed by atoms with Crippen LogP contribution in [-0.2, 0) is 6.54 Å². The van der Waals surface area contributed by atoms with E-state index in [1.165, 1.54) is 15.3 Å². The third-order valence-corrected chi connectivity index (χ3v) is 3.98. The predicted octanol–water partition coefficient (Wildman–Crippen LogP) is 3.07. The number of nitriles is 1. The molecule has 1 N–H and O–H groups in total. The van der Waals surface area contributed by atoms with Crippen LogP contribution in [0.1, 0.15) is 9.75 Å². The van der Waals surface area contributed by atoms with Gasteiger partial charge < -0.3 is 5.32 Å². The molecule has 0 aliphatic heterocycles. The lowest BCUT2D eigenvalue weighted by molar-refractivity contribution is 0.832. The van der Waals surface area contributed by atoms with Gasteiger partial charge in [0, 0.05) is 21.9 Å². The van der Waals surface area contributed by atoms with Crippen LogP contribution in [0.2, 0.25) is 0 Å². The summed E-state index contributed by atoms with van der Waals surface area (Å²) in [6.45, 7) is 0.904. The van der Waals surface area contributed by atoms with Crippen LogP contribution < -0.4 is 5.32 Å². The highest BCUT2D eigenvalue weighted by Gasteiger charge is 2.05. The van der Waals surface area contributed by atoms with Crippen LogP contribution in [0.3, 0.4) is 0 Å². The first-order valence-electron chi connectivity index (χ1n) is 4.56. The Morgan fingerprint density at radius 1 is 1.47 bits per heavy atom. The van der Waals surface area contributed by atoms with Crippen LogP contribution >= 0.6 is 22.7 Å². The largest absolute Gasteiger partial charge is 0.315 e. The van der Waals surface area contributed by atoms with Gasteiger partial charge in [0.2, 0.25) is 0 Å². The summed E-state index contributed by atoms with van der Waals surface area (Å²) < 4.78 is 0. The topological polar surface area (TPSA) is 35.8 Å². The van der Waals surface area contributed by atoms with Crippen LogP contribution in [0.15, 0.2) is 23.6 Å². The minimum atomic E-state index is 0.770. The van der Waals surface area contributed by atoms with Gasteiger partial charge in [-0.3, -0.25) is 0 Å². The highest BCUT2D eigenvalue weighted by Crippen LogP contribution is 2.31. The maximum Gasteiger partial charge on any atom is 0.110 e. The Morgan fingerprint density at radius 2 is 2.33 bits per heavy atom. The fraction of sp³-hybridized carbons (Fsp3) is 0.182. The molecule has 0 spiro atoms. The van der Waals surface area contributed by atoms with Gasteiger partial charge >= 0.3 is 0 Å². The Morgan fingerprint density at radius 3 is 3.00 bits per heavy atom. The molecule has 0 atom stereocenters. The summed E-state index contributed by atoms with van der Waals surface area (Å²) >= 11 is 3.29. The zero-order valence-corrected chi connectivity index (χ0v) is 9.91. The van der Waals surface area contributed by atoms with Crippen LogP contribution in [0.25, 0.3) is 10.4 Å². The molecule has 2 aromatic rings. The molecule has 0 aliphatic carbocycles. The molecule has 0 saturated carbocycles. The van der Waals surface area contributed by atoms with Crippen molar-refractivity contribution in [2.75, 3.05) is 7.05 Å². The van der Waals surface area contributed by atoms with E-state index in [4.69, 9.17) is 5.26 Å². The minimum Gasteiger partial charge on any atom is -0.315 e. The minimum absolute atomic E-state index is 0.770. The van der Waals surface area contributed by atoms with E-state index < -0.39 is 0 Å². The number of nitrogens with one attached hydrogen (secondary N) is 1. The van der Waals surface area contributed by atoms with E-state index in [2.05, 4.69) is 22.8 Å². The summed E-state index contributed by atoms with van der Waals surface area (Å²) in [5, 5.41) is 14.0. The molecule has 0 bridgehead atoms. The molecular formula is C11H10N2S2. The van der Waals surface area contributed by atoms with Gasteiger partial charge in [0.05, 0.1) is 0 Å². The van der Waals surface area contributed by atoms with Crippen molar-refractivity contribution in [1.82, 2.24) is 5.32 Å². The third kappa shape index (κ3) is 2.26. The fourth-order valence-electron chi connectivity index (χ4n) is 1.33. The number of thiophene rings is 2. The van der Waals surface area contributed by atoms with Crippen LogP contribution in [0.4, 0.5) is 0 Å². The SMILES string of the molecule is CNCc1cc(-c2ccc(C#N)s2)cs1. The molecule has 0 radical (unpaired) electrons. The zero-order valence-electron chi connectivity index (χ0n) is 8.28. The molecule has 2 heterocycles. The Labute approximate surface area is 96.8 Å². The van der Waals surface area contributed by atoms with Gasteiger partial charge in [-0.15, -0.1) is 22.7 Å². The quantitative estimate of drug-likeness (QED) is 0.886. The van der Waals surface area contributed by atoms with Crippen molar-refractivity contribution in [2.24, 2.45) is 0 Å². The molecule has 2 rings (SSSR count). The average molecular weight is 234 g/mol. The van der Waals surface area contributed by atoms with E-state index in [1.54, 1.807) is 22.7 Å². The van der Waals surface area contributed by atoms with Crippen molar-refractivity contribution in [1.29, 1.82) is 5.26 Å². The molecule has 0 aromatic carbocycles. The standard InChI is InChI=1S/C11H10N2S2/c1-13-6-10-4-8(7-14-10)11-3-2-9(5-12)15-11/h2-4,7,13H,6H2,1H3. The molecule has 0 unspecified atom stereocenters. The summed E-state index contributed by atoms with van der Waals surface area (Å²) in [5.74, 6) is 0. The summed E-state index contributed by atoms with van der Waals surface area (Å²) in [6.07, 6.45) is 0. The first-order chi connectivity index (χ1) is 7.33. The maximum absolute atomic E-state index is 8.74. The van der Waals surface area contributed by atoms with E-state index in [-0.39, 0.29) is 0 Å². The Hall–Kier alpha value is -1.15. The predicted molar refractivity (Wildman–Crippen MR) is 65.1 cm³/mol. The zero-order chi connectivity index (χ0) is 10.7. The van der Waals surface area contributed by atoms with Crippen LogP contribution in [0, 0.1) is 11.3 Å². The van der Waals surface area contributed by atoms with Gasteiger partial charge in [0.25, 0.3) is 0 Å². The van der Waals surface area contributed by atoms with Gasteiger partial charge in [-0.1, -0.05) is 0 Å². The summed E-state index contributed by atoms with van der Waals surface area (Å²) in [5.41, 5.74) is 1.22. The Kier molecular flexibility index (Phi) is 3.17. The normalized spacial score (nSPS) is 10.1. The lowest BCUT2D eigenvalue weighted by atomic mass is 10.2. The molecule has 2 nitrogen and oxygen atoms in total. The second-order valence-electron chi connectivity index (χ2n) is 3.11. The molecule has 2 aromatic heterocycles. The van der Waals surface area contributed by atoms with Crippen molar-refractivity contribution >= 4 is 22.7 Å². The lowest BCUT2D eigenvalue weighted by Gasteiger charge is -1.91. The Balaban J connectivity index is 2.25.